The Kier molecular flexibility index (Phi) is 7.26. The summed E-state index contributed by atoms with van der Waals surface area (Å²) in [5.74, 6) is 0.223. The van der Waals surface area contributed by atoms with E-state index < -0.39 is 0 Å². The van der Waals surface area contributed by atoms with Crippen LogP contribution < -0.4 is 11.1 Å². The summed E-state index contributed by atoms with van der Waals surface area (Å²) in [6, 6.07) is 22.7. The first-order valence-electron chi connectivity index (χ1n) is 8.76. The number of amides is 1. The van der Waals surface area contributed by atoms with Crippen molar-refractivity contribution in [1.82, 2.24) is 5.32 Å². The molecule has 28 heavy (non-hydrogen) atoms. The molecule has 0 heterocycles. The van der Waals surface area contributed by atoms with Crippen molar-refractivity contribution >= 4 is 46.6 Å². The summed E-state index contributed by atoms with van der Waals surface area (Å²) in [4.78, 5) is 12.4. The van der Waals surface area contributed by atoms with Gasteiger partial charge in [0.2, 0.25) is 5.91 Å². The highest BCUT2D eigenvalue weighted by Gasteiger charge is 2.21. The van der Waals surface area contributed by atoms with Gasteiger partial charge in [0, 0.05) is 22.3 Å². The molecule has 0 aromatic heterocycles. The van der Waals surface area contributed by atoms with Crippen LogP contribution in [0, 0.1) is 0 Å². The van der Waals surface area contributed by atoms with Crippen molar-refractivity contribution in [2.45, 2.75) is 11.8 Å². The number of anilines is 1. The Morgan fingerprint density at radius 3 is 2.43 bits per heavy atom. The molecule has 3 aromatic rings. The van der Waals surface area contributed by atoms with Crippen molar-refractivity contribution in [3.05, 3.63) is 99.5 Å². The van der Waals surface area contributed by atoms with Gasteiger partial charge >= 0.3 is 0 Å². The van der Waals surface area contributed by atoms with Crippen LogP contribution in [-0.4, -0.2) is 11.7 Å². The van der Waals surface area contributed by atoms with E-state index in [4.69, 9.17) is 28.9 Å². The number of thioether (sulfide) groups is 1. The predicted octanol–water partition coefficient (Wildman–Crippen LogP) is 5.71. The maximum atomic E-state index is 12.4. The van der Waals surface area contributed by atoms with Crippen LogP contribution in [0.1, 0.15) is 21.9 Å². The van der Waals surface area contributed by atoms with Gasteiger partial charge in [0.25, 0.3) is 0 Å². The maximum absolute atomic E-state index is 12.4. The number of rotatable bonds is 7. The molecule has 1 amide bonds. The first-order chi connectivity index (χ1) is 13.5. The van der Waals surface area contributed by atoms with Crippen molar-refractivity contribution in [3.63, 3.8) is 0 Å². The number of nitrogens with two attached hydrogens (primary N) is 1. The van der Waals surface area contributed by atoms with Crippen molar-refractivity contribution in [2.24, 2.45) is 0 Å². The number of nitrogen functional groups attached to an aromatic ring is 1. The lowest BCUT2D eigenvalue weighted by atomic mass is 10.0. The predicted molar refractivity (Wildman–Crippen MR) is 120 cm³/mol. The van der Waals surface area contributed by atoms with Gasteiger partial charge in [-0.3, -0.25) is 4.79 Å². The second-order valence-corrected chi connectivity index (χ2v) is 8.19. The Balaban J connectivity index is 1.75. The summed E-state index contributed by atoms with van der Waals surface area (Å²) in [6.45, 7) is 0.496. The summed E-state index contributed by atoms with van der Waals surface area (Å²) >= 11 is 14.1. The number of hydrogen-bond donors (Lipinski definition) is 2. The van der Waals surface area contributed by atoms with Gasteiger partial charge in [-0.25, -0.2) is 0 Å². The lowest BCUT2D eigenvalue weighted by Crippen LogP contribution is -2.25. The van der Waals surface area contributed by atoms with Crippen LogP contribution in [0.3, 0.4) is 0 Å². The van der Waals surface area contributed by atoms with Crippen LogP contribution in [0.15, 0.2) is 72.8 Å². The normalized spacial score (nSPS) is 11.8. The van der Waals surface area contributed by atoms with Crippen LogP contribution in [-0.2, 0) is 11.3 Å². The van der Waals surface area contributed by atoms with E-state index in [-0.39, 0.29) is 16.9 Å². The lowest BCUT2D eigenvalue weighted by molar-refractivity contribution is -0.118. The van der Waals surface area contributed by atoms with E-state index in [0.29, 0.717) is 22.3 Å². The molecular weight excluding hydrogens is 411 g/mol. The van der Waals surface area contributed by atoms with Gasteiger partial charge in [-0.05, 0) is 41.0 Å². The molecule has 144 valence electrons. The highest BCUT2D eigenvalue weighted by atomic mass is 35.5. The van der Waals surface area contributed by atoms with E-state index in [9.17, 15) is 4.79 Å². The molecule has 3 aromatic carbocycles. The molecule has 0 saturated carbocycles. The molecular formula is C22H20Cl2N2OS. The van der Waals surface area contributed by atoms with Gasteiger partial charge in [-0.2, -0.15) is 0 Å². The van der Waals surface area contributed by atoms with E-state index in [0.717, 1.165) is 16.7 Å². The van der Waals surface area contributed by atoms with Gasteiger partial charge in [0.15, 0.2) is 0 Å². The van der Waals surface area contributed by atoms with Gasteiger partial charge in [-0.1, -0.05) is 71.7 Å². The zero-order chi connectivity index (χ0) is 19.9. The van der Waals surface area contributed by atoms with E-state index in [1.165, 1.54) is 11.8 Å². The van der Waals surface area contributed by atoms with Crippen LogP contribution in [0.25, 0.3) is 0 Å². The Morgan fingerprint density at radius 2 is 1.68 bits per heavy atom. The fraction of sp³-hybridized carbons (Fsp3) is 0.136. The Morgan fingerprint density at radius 1 is 0.964 bits per heavy atom. The highest BCUT2D eigenvalue weighted by molar-refractivity contribution is 8.00. The van der Waals surface area contributed by atoms with E-state index >= 15 is 0 Å². The van der Waals surface area contributed by atoms with Crippen molar-refractivity contribution in [1.29, 1.82) is 0 Å². The zero-order valence-corrected chi connectivity index (χ0v) is 17.4. The summed E-state index contributed by atoms with van der Waals surface area (Å²) in [6.07, 6.45) is 0. The van der Waals surface area contributed by atoms with Crippen molar-refractivity contribution in [3.8, 4) is 0 Å². The number of nitrogens with one attached hydrogen (secondary N) is 1. The summed E-state index contributed by atoms with van der Waals surface area (Å²) in [5.41, 5.74) is 9.63. The number of carbonyl (C=O) groups excluding carboxylic acids is 1. The largest absolute Gasteiger partial charge is 0.398 e. The standard InChI is InChI=1S/C22H20Cl2N2OS/c23-16-10-11-20(25)18(12-16)22(17-8-4-5-9-19(17)24)28-14-21(27)26-13-15-6-2-1-3-7-15/h1-12,22H,13-14,25H2,(H,26,27). The van der Waals surface area contributed by atoms with E-state index in [1.807, 2.05) is 60.7 Å². The molecule has 3 N–H and O–H groups in total. The molecule has 3 nitrogen and oxygen atoms in total. The average molecular weight is 431 g/mol. The zero-order valence-electron chi connectivity index (χ0n) is 15.1. The van der Waals surface area contributed by atoms with E-state index in [2.05, 4.69) is 5.32 Å². The van der Waals surface area contributed by atoms with Crippen LogP contribution in [0.5, 0.6) is 0 Å². The number of carbonyl (C=O) groups is 1. The first kappa shape index (κ1) is 20.6. The third-order valence-electron chi connectivity index (χ3n) is 4.23. The Hall–Kier alpha value is -2.14. The van der Waals surface area contributed by atoms with Crippen LogP contribution in [0.2, 0.25) is 10.0 Å². The number of halogens is 2. The average Bonchev–Trinajstić information content (AvgIpc) is 2.71. The second-order valence-electron chi connectivity index (χ2n) is 6.25. The highest BCUT2D eigenvalue weighted by Crippen LogP contribution is 2.42. The lowest BCUT2D eigenvalue weighted by Gasteiger charge is -2.21. The van der Waals surface area contributed by atoms with Crippen LogP contribution >= 0.6 is 35.0 Å². The number of hydrogen-bond acceptors (Lipinski definition) is 3. The SMILES string of the molecule is Nc1ccc(Cl)cc1C(SCC(=O)NCc1ccccc1)c1ccccc1Cl. The molecule has 0 aliphatic rings. The molecule has 0 bridgehead atoms. The summed E-state index contributed by atoms with van der Waals surface area (Å²) < 4.78 is 0. The molecule has 0 fully saturated rings. The minimum absolute atomic E-state index is 0.0495. The quantitative estimate of drug-likeness (QED) is 0.471. The second kappa shape index (κ2) is 9.87. The molecule has 0 radical (unpaired) electrons. The smallest absolute Gasteiger partial charge is 0.230 e. The monoisotopic (exact) mass is 430 g/mol. The molecule has 6 heteroatoms. The molecule has 0 saturated heterocycles. The first-order valence-corrected chi connectivity index (χ1v) is 10.6. The third kappa shape index (κ3) is 5.44. The molecule has 1 unspecified atom stereocenters. The fourth-order valence-corrected chi connectivity index (χ4v) is 4.49. The van der Waals surface area contributed by atoms with E-state index in [1.54, 1.807) is 12.1 Å². The minimum atomic E-state index is -0.199. The maximum Gasteiger partial charge on any atom is 0.230 e. The van der Waals surface area contributed by atoms with Gasteiger partial charge in [-0.15, -0.1) is 11.8 Å². The summed E-state index contributed by atoms with van der Waals surface area (Å²) in [7, 11) is 0. The van der Waals surface area contributed by atoms with Gasteiger partial charge in [0.1, 0.15) is 0 Å². The molecule has 0 spiro atoms. The number of benzene rings is 3. The summed E-state index contributed by atoms with van der Waals surface area (Å²) in [5, 5.41) is 3.97. The fourth-order valence-electron chi connectivity index (χ4n) is 2.81. The third-order valence-corrected chi connectivity index (χ3v) is 6.08. The topological polar surface area (TPSA) is 55.1 Å². The molecule has 1 atom stereocenters. The van der Waals surface area contributed by atoms with Crippen LogP contribution in [0.4, 0.5) is 5.69 Å². The Bertz CT molecular complexity index is 950. The van der Waals surface area contributed by atoms with Gasteiger partial charge in [0.05, 0.1) is 11.0 Å². The van der Waals surface area contributed by atoms with Gasteiger partial charge < -0.3 is 11.1 Å². The molecule has 3 rings (SSSR count). The van der Waals surface area contributed by atoms with Crippen molar-refractivity contribution < 1.29 is 4.79 Å². The molecule has 0 aliphatic carbocycles. The Labute approximate surface area is 179 Å². The van der Waals surface area contributed by atoms with Crippen molar-refractivity contribution in [2.75, 3.05) is 11.5 Å². The molecule has 0 aliphatic heterocycles. The minimum Gasteiger partial charge on any atom is -0.398 e.